The zero-order valence-electron chi connectivity index (χ0n) is 18.7. The Balaban J connectivity index is 1.73. The highest BCUT2D eigenvalue weighted by Gasteiger charge is 2.54. The van der Waals surface area contributed by atoms with Crippen molar-refractivity contribution in [2.45, 2.75) is 75.7 Å². The quantitative estimate of drug-likeness (QED) is 0.470. The third kappa shape index (κ3) is 5.37. The molecule has 10 nitrogen and oxygen atoms in total. The molecule has 1 unspecified atom stereocenters. The average Bonchev–Trinajstić information content (AvgIpc) is 3.33. The maximum atomic E-state index is 13.9. The predicted molar refractivity (Wildman–Crippen MR) is 113 cm³/mol. The number of amides is 3. The highest BCUT2D eigenvalue weighted by Crippen LogP contribution is 2.42. The molecule has 32 heavy (non-hydrogen) atoms. The Morgan fingerprint density at radius 2 is 1.97 bits per heavy atom. The lowest BCUT2D eigenvalue weighted by molar-refractivity contribution is -0.140. The SMILES string of the molecule is COC(=O)N[C@@H](CC1(C)CCCC1)C(=O)N[C@]1(C(O)C(=O)Nc2ccn(C)n2)C[C@@H](F)C1. The van der Waals surface area contributed by atoms with Crippen molar-refractivity contribution < 1.29 is 28.6 Å². The van der Waals surface area contributed by atoms with Gasteiger partial charge in [-0.2, -0.15) is 5.10 Å². The topological polar surface area (TPSA) is 135 Å². The van der Waals surface area contributed by atoms with Crippen LogP contribution >= 0.6 is 0 Å². The summed E-state index contributed by atoms with van der Waals surface area (Å²) >= 11 is 0. The van der Waals surface area contributed by atoms with E-state index >= 15 is 0 Å². The van der Waals surface area contributed by atoms with Crippen molar-refractivity contribution in [1.29, 1.82) is 0 Å². The molecule has 178 valence electrons. The number of methoxy groups -OCH3 is 1. The van der Waals surface area contributed by atoms with Gasteiger partial charge in [0.05, 0.1) is 12.6 Å². The number of aliphatic hydroxyl groups excluding tert-OH is 1. The molecule has 2 atom stereocenters. The third-order valence-electron chi connectivity index (χ3n) is 6.58. The summed E-state index contributed by atoms with van der Waals surface area (Å²) in [7, 11) is 2.88. The molecule has 0 radical (unpaired) electrons. The molecule has 4 N–H and O–H groups in total. The molecule has 2 aliphatic carbocycles. The van der Waals surface area contributed by atoms with E-state index in [0.29, 0.717) is 6.42 Å². The molecule has 3 amide bonds. The molecule has 0 saturated heterocycles. The first-order valence-corrected chi connectivity index (χ1v) is 10.8. The minimum absolute atomic E-state index is 0.132. The van der Waals surface area contributed by atoms with Gasteiger partial charge in [-0.15, -0.1) is 0 Å². The number of nitrogens with one attached hydrogen (secondary N) is 3. The molecule has 3 rings (SSSR count). The molecule has 1 aromatic rings. The second-order valence-corrected chi connectivity index (χ2v) is 9.33. The maximum absolute atomic E-state index is 13.9. The largest absolute Gasteiger partial charge is 0.453 e. The number of nitrogens with zero attached hydrogens (tertiary/aromatic N) is 2. The number of hydrogen-bond donors (Lipinski definition) is 4. The number of rotatable bonds is 8. The second kappa shape index (κ2) is 9.43. The van der Waals surface area contributed by atoms with Crippen molar-refractivity contribution in [2.75, 3.05) is 12.4 Å². The Hall–Kier alpha value is -2.69. The Kier molecular flexibility index (Phi) is 7.06. The van der Waals surface area contributed by atoms with Crippen LogP contribution in [0.4, 0.5) is 15.0 Å². The normalized spacial score (nSPS) is 25.8. The van der Waals surface area contributed by atoms with Crippen molar-refractivity contribution in [1.82, 2.24) is 20.4 Å². The lowest BCUT2D eigenvalue weighted by Gasteiger charge is -2.47. The van der Waals surface area contributed by atoms with E-state index in [1.54, 1.807) is 19.3 Å². The third-order valence-corrected chi connectivity index (χ3v) is 6.58. The maximum Gasteiger partial charge on any atom is 0.407 e. The number of aliphatic hydroxyl groups is 1. The molecule has 0 bridgehead atoms. The van der Waals surface area contributed by atoms with Gasteiger partial charge >= 0.3 is 6.09 Å². The number of alkyl carbamates (subject to hydrolysis) is 1. The summed E-state index contributed by atoms with van der Waals surface area (Å²) in [5, 5.41) is 22.4. The van der Waals surface area contributed by atoms with Crippen LogP contribution in [0.15, 0.2) is 12.3 Å². The smallest absolute Gasteiger partial charge is 0.407 e. The van der Waals surface area contributed by atoms with E-state index in [2.05, 4.69) is 32.7 Å². The van der Waals surface area contributed by atoms with Gasteiger partial charge in [0, 0.05) is 32.2 Å². The van der Waals surface area contributed by atoms with Crippen molar-refractivity contribution in [3.8, 4) is 0 Å². The number of anilines is 1. The summed E-state index contributed by atoms with van der Waals surface area (Å²) in [6.45, 7) is 2.06. The van der Waals surface area contributed by atoms with Crippen molar-refractivity contribution in [3.63, 3.8) is 0 Å². The van der Waals surface area contributed by atoms with E-state index in [1.807, 2.05) is 0 Å². The monoisotopic (exact) mass is 453 g/mol. The summed E-state index contributed by atoms with van der Waals surface area (Å²) in [6.07, 6.45) is 1.80. The number of halogens is 1. The number of carbonyl (C=O) groups is 3. The number of carbonyl (C=O) groups excluding carboxylic acids is 3. The van der Waals surface area contributed by atoms with Gasteiger partial charge in [0.1, 0.15) is 12.2 Å². The van der Waals surface area contributed by atoms with Gasteiger partial charge in [-0.05, 0) is 24.7 Å². The van der Waals surface area contributed by atoms with Crippen LogP contribution in [0, 0.1) is 5.41 Å². The Bertz CT molecular complexity index is 847. The molecule has 0 aromatic carbocycles. The fourth-order valence-electron chi connectivity index (χ4n) is 4.72. The fourth-order valence-corrected chi connectivity index (χ4v) is 4.72. The van der Waals surface area contributed by atoms with Crippen LogP contribution < -0.4 is 16.0 Å². The Labute approximate surface area is 186 Å². The Morgan fingerprint density at radius 1 is 1.31 bits per heavy atom. The highest BCUT2D eigenvalue weighted by molar-refractivity contribution is 5.95. The molecule has 11 heteroatoms. The standard InChI is InChI=1S/C21H32FN5O5/c1-20(7-4-5-8-20)12-14(23-19(31)32-3)17(29)25-21(10-13(22)11-21)16(28)18(30)24-15-6-9-27(2)26-15/h6,9,13-14,16,28H,4-5,7-8,10-12H2,1-3H3,(H,23,31)(H,25,29)(H,24,26,30)/t13-,14-,16?,21-/m0/s1. The first kappa shape index (κ1) is 24.0. The van der Waals surface area contributed by atoms with Crippen LogP contribution in [0.5, 0.6) is 0 Å². The fraction of sp³-hybridized carbons (Fsp3) is 0.714. The number of aryl methyl sites for hydroxylation is 1. The molecule has 2 aliphatic rings. The zero-order chi connectivity index (χ0) is 23.5. The average molecular weight is 454 g/mol. The first-order chi connectivity index (χ1) is 15.1. The van der Waals surface area contributed by atoms with Gasteiger partial charge in [0.2, 0.25) is 5.91 Å². The van der Waals surface area contributed by atoms with Gasteiger partial charge < -0.3 is 25.8 Å². The van der Waals surface area contributed by atoms with Crippen LogP contribution in [-0.4, -0.2) is 63.8 Å². The molecular formula is C21H32FN5O5. The van der Waals surface area contributed by atoms with Gasteiger partial charge in [0.25, 0.3) is 5.91 Å². The van der Waals surface area contributed by atoms with Crippen LogP contribution in [0.2, 0.25) is 0 Å². The van der Waals surface area contributed by atoms with Crippen LogP contribution in [-0.2, 0) is 21.4 Å². The van der Waals surface area contributed by atoms with Gasteiger partial charge in [-0.3, -0.25) is 14.3 Å². The summed E-state index contributed by atoms with van der Waals surface area (Å²) < 4.78 is 20.0. The number of hydrogen-bond acceptors (Lipinski definition) is 6. The minimum Gasteiger partial charge on any atom is -0.453 e. The van der Waals surface area contributed by atoms with Gasteiger partial charge in [-0.1, -0.05) is 19.8 Å². The van der Waals surface area contributed by atoms with E-state index in [9.17, 15) is 23.9 Å². The molecule has 0 spiro atoms. The van der Waals surface area contributed by atoms with E-state index < -0.39 is 41.8 Å². The summed E-state index contributed by atoms with van der Waals surface area (Å²) in [5.41, 5.74) is -1.60. The number of alkyl halides is 1. The number of ether oxygens (including phenoxy) is 1. The molecular weight excluding hydrogens is 421 g/mol. The van der Waals surface area contributed by atoms with Crippen LogP contribution in [0.25, 0.3) is 0 Å². The van der Waals surface area contributed by atoms with Gasteiger partial charge in [0.15, 0.2) is 11.9 Å². The molecule has 2 fully saturated rings. The summed E-state index contributed by atoms with van der Waals surface area (Å²) in [4.78, 5) is 37.6. The molecule has 1 heterocycles. The van der Waals surface area contributed by atoms with Crippen molar-refractivity contribution in [2.24, 2.45) is 12.5 Å². The van der Waals surface area contributed by atoms with E-state index in [4.69, 9.17) is 0 Å². The Morgan fingerprint density at radius 3 is 2.50 bits per heavy atom. The molecule has 2 saturated carbocycles. The van der Waals surface area contributed by atoms with Crippen molar-refractivity contribution >= 4 is 23.7 Å². The molecule has 1 aromatic heterocycles. The van der Waals surface area contributed by atoms with Gasteiger partial charge in [-0.25, -0.2) is 9.18 Å². The van der Waals surface area contributed by atoms with E-state index in [1.165, 1.54) is 11.8 Å². The first-order valence-electron chi connectivity index (χ1n) is 10.8. The molecule has 0 aliphatic heterocycles. The zero-order valence-corrected chi connectivity index (χ0v) is 18.7. The number of aromatic nitrogens is 2. The van der Waals surface area contributed by atoms with Crippen LogP contribution in [0.1, 0.15) is 51.9 Å². The predicted octanol–water partition coefficient (Wildman–Crippen LogP) is 1.40. The van der Waals surface area contributed by atoms with E-state index in [0.717, 1.165) is 25.7 Å². The second-order valence-electron chi connectivity index (χ2n) is 9.33. The van der Waals surface area contributed by atoms with E-state index in [-0.39, 0.29) is 24.1 Å². The van der Waals surface area contributed by atoms with Crippen LogP contribution in [0.3, 0.4) is 0 Å². The summed E-state index contributed by atoms with van der Waals surface area (Å²) in [6, 6.07) is 0.611. The summed E-state index contributed by atoms with van der Waals surface area (Å²) in [5.74, 6) is -1.15. The minimum atomic E-state index is -1.69. The lowest BCUT2D eigenvalue weighted by Crippen LogP contribution is -2.69. The highest BCUT2D eigenvalue weighted by atomic mass is 19.1. The lowest BCUT2D eigenvalue weighted by atomic mass is 9.70. The van der Waals surface area contributed by atoms with Crippen molar-refractivity contribution in [3.05, 3.63) is 12.3 Å².